The Hall–Kier alpha value is -2.00. The van der Waals surface area contributed by atoms with Crippen LogP contribution in [-0.4, -0.2) is 20.3 Å². The van der Waals surface area contributed by atoms with Crippen LogP contribution in [-0.2, 0) is 0 Å². The van der Waals surface area contributed by atoms with Gasteiger partial charge in [-0.15, -0.1) is 0 Å². The van der Waals surface area contributed by atoms with Crippen molar-refractivity contribution in [3.8, 4) is 0 Å². The number of nitrogens with one attached hydrogen (secondary N) is 1. The molecule has 0 aliphatic heterocycles. The third kappa shape index (κ3) is 4.00. The van der Waals surface area contributed by atoms with E-state index in [0.717, 1.165) is 11.3 Å². The molecule has 0 aliphatic rings. The lowest BCUT2D eigenvalue weighted by molar-refractivity contribution is 1.13. The molecule has 19 heavy (non-hydrogen) atoms. The van der Waals surface area contributed by atoms with Crippen LogP contribution in [0.25, 0.3) is 0 Å². The van der Waals surface area contributed by atoms with Crippen molar-refractivity contribution in [2.75, 3.05) is 24.4 Å². The van der Waals surface area contributed by atoms with E-state index in [-0.39, 0.29) is 0 Å². The first kappa shape index (κ1) is 13.4. The van der Waals surface area contributed by atoms with Crippen LogP contribution < -0.4 is 10.3 Å². The summed E-state index contributed by atoms with van der Waals surface area (Å²) in [6.45, 7) is 0. The molecule has 2 aromatic rings. The normalized spacial score (nSPS) is 10.7. The van der Waals surface area contributed by atoms with Crippen molar-refractivity contribution >= 4 is 29.2 Å². The van der Waals surface area contributed by atoms with Crippen LogP contribution in [0.15, 0.2) is 53.6 Å². The Kier molecular flexibility index (Phi) is 4.42. The summed E-state index contributed by atoms with van der Waals surface area (Å²) in [5.41, 5.74) is 6.08. The van der Waals surface area contributed by atoms with E-state index in [1.54, 1.807) is 6.21 Å². The smallest absolute Gasteiger partial charge is 0.0562 e. The summed E-state index contributed by atoms with van der Waals surface area (Å²) in [6, 6.07) is 15.6. The number of halogens is 1. The van der Waals surface area contributed by atoms with E-state index in [2.05, 4.69) is 27.6 Å². The van der Waals surface area contributed by atoms with Crippen molar-refractivity contribution in [1.82, 2.24) is 0 Å². The molecule has 0 aromatic heterocycles. The van der Waals surface area contributed by atoms with Crippen molar-refractivity contribution in [2.45, 2.75) is 0 Å². The minimum atomic E-state index is 0.716. The number of rotatable bonds is 4. The molecule has 4 heteroatoms. The Morgan fingerprint density at radius 1 is 1.00 bits per heavy atom. The fourth-order valence-electron chi connectivity index (χ4n) is 1.56. The van der Waals surface area contributed by atoms with Gasteiger partial charge in [0.2, 0.25) is 0 Å². The van der Waals surface area contributed by atoms with Gasteiger partial charge in [0.05, 0.1) is 11.9 Å². The fourth-order valence-corrected chi connectivity index (χ4v) is 1.69. The predicted octanol–water partition coefficient (Wildman–Crippen LogP) is 3.85. The molecule has 0 aliphatic carbocycles. The van der Waals surface area contributed by atoms with E-state index in [0.29, 0.717) is 5.02 Å². The molecule has 98 valence electrons. The maximum Gasteiger partial charge on any atom is 0.0562 e. The van der Waals surface area contributed by atoms with Crippen molar-refractivity contribution in [1.29, 1.82) is 0 Å². The minimum Gasteiger partial charge on any atom is -0.378 e. The van der Waals surface area contributed by atoms with Gasteiger partial charge in [0.1, 0.15) is 0 Å². The molecule has 0 spiro atoms. The number of benzene rings is 2. The zero-order valence-corrected chi connectivity index (χ0v) is 11.7. The van der Waals surface area contributed by atoms with Gasteiger partial charge >= 0.3 is 0 Å². The molecule has 0 fully saturated rings. The monoisotopic (exact) mass is 273 g/mol. The number of hydrazone groups is 1. The molecule has 0 saturated heterocycles. The van der Waals surface area contributed by atoms with Gasteiger partial charge in [0, 0.05) is 24.8 Å². The van der Waals surface area contributed by atoms with Gasteiger partial charge in [-0.2, -0.15) is 5.10 Å². The first-order valence-corrected chi connectivity index (χ1v) is 6.35. The van der Waals surface area contributed by atoms with Crippen molar-refractivity contribution in [2.24, 2.45) is 5.10 Å². The highest BCUT2D eigenvalue weighted by molar-refractivity contribution is 6.30. The van der Waals surface area contributed by atoms with Crippen molar-refractivity contribution < 1.29 is 0 Å². The van der Waals surface area contributed by atoms with Crippen LogP contribution in [0.5, 0.6) is 0 Å². The van der Waals surface area contributed by atoms with Gasteiger partial charge in [-0.05, 0) is 42.0 Å². The summed E-state index contributed by atoms with van der Waals surface area (Å²) in [6.07, 6.45) is 1.79. The molecule has 0 unspecified atom stereocenters. The molecular weight excluding hydrogens is 258 g/mol. The molecule has 0 saturated carbocycles. The van der Waals surface area contributed by atoms with Crippen LogP contribution in [0, 0.1) is 0 Å². The zero-order chi connectivity index (χ0) is 13.7. The van der Waals surface area contributed by atoms with Crippen molar-refractivity contribution in [3.63, 3.8) is 0 Å². The molecule has 0 atom stereocenters. The Morgan fingerprint density at radius 3 is 2.21 bits per heavy atom. The minimum absolute atomic E-state index is 0.716. The fraction of sp³-hybridized carbons (Fsp3) is 0.133. The summed E-state index contributed by atoms with van der Waals surface area (Å²) in [5, 5.41) is 4.90. The maximum atomic E-state index is 5.81. The largest absolute Gasteiger partial charge is 0.378 e. The first-order chi connectivity index (χ1) is 9.15. The summed E-state index contributed by atoms with van der Waals surface area (Å²) < 4.78 is 0. The molecule has 2 rings (SSSR count). The van der Waals surface area contributed by atoms with Crippen LogP contribution in [0.4, 0.5) is 11.4 Å². The van der Waals surface area contributed by atoms with E-state index in [9.17, 15) is 0 Å². The zero-order valence-electron chi connectivity index (χ0n) is 11.0. The second-order valence-electron chi connectivity index (χ2n) is 4.36. The molecule has 0 bridgehead atoms. The van der Waals surface area contributed by atoms with E-state index in [1.165, 1.54) is 5.69 Å². The van der Waals surface area contributed by atoms with E-state index in [4.69, 9.17) is 11.6 Å². The third-order valence-corrected chi connectivity index (χ3v) is 2.91. The van der Waals surface area contributed by atoms with Gasteiger partial charge in [-0.25, -0.2) is 0 Å². The van der Waals surface area contributed by atoms with Gasteiger partial charge in [0.25, 0.3) is 0 Å². The number of hydrogen-bond donors (Lipinski definition) is 1. The van der Waals surface area contributed by atoms with Crippen LogP contribution in [0.3, 0.4) is 0 Å². The van der Waals surface area contributed by atoms with Gasteiger partial charge in [-0.3, -0.25) is 5.43 Å². The molecule has 3 nitrogen and oxygen atoms in total. The lowest BCUT2D eigenvalue weighted by atomic mass is 10.2. The van der Waals surface area contributed by atoms with Gasteiger partial charge < -0.3 is 4.90 Å². The summed E-state index contributed by atoms with van der Waals surface area (Å²) >= 11 is 5.81. The highest BCUT2D eigenvalue weighted by Crippen LogP contribution is 2.13. The Balaban J connectivity index is 1.97. The van der Waals surface area contributed by atoms with E-state index in [1.807, 2.05) is 50.5 Å². The quantitative estimate of drug-likeness (QED) is 0.677. The molecule has 2 aromatic carbocycles. The van der Waals surface area contributed by atoms with Crippen molar-refractivity contribution in [3.05, 3.63) is 59.1 Å². The number of hydrogen-bond acceptors (Lipinski definition) is 3. The first-order valence-electron chi connectivity index (χ1n) is 5.97. The summed E-state index contributed by atoms with van der Waals surface area (Å²) in [4.78, 5) is 2.06. The molecule has 1 N–H and O–H groups in total. The SMILES string of the molecule is CN(C)c1ccc(/C=N/Nc2ccc(Cl)cc2)cc1. The second-order valence-corrected chi connectivity index (χ2v) is 4.80. The standard InChI is InChI=1S/C15H16ClN3/c1-19(2)15-9-3-12(4-10-15)11-17-18-14-7-5-13(16)6-8-14/h3-11,18H,1-2H3/b17-11+. The predicted molar refractivity (Wildman–Crippen MR) is 83.4 cm³/mol. The summed E-state index contributed by atoms with van der Waals surface area (Å²) in [5.74, 6) is 0. The highest BCUT2D eigenvalue weighted by Gasteiger charge is 1.94. The molecule has 0 heterocycles. The molecule has 0 radical (unpaired) electrons. The Labute approximate surface area is 118 Å². The maximum absolute atomic E-state index is 5.81. The average molecular weight is 274 g/mol. The third-order valence-electron chi connectivity index (χ3n) is 2.66. The van der Waals surface area contributed by atoms with Gasteiger partial charge in [0.15, 0.2) is 0 Å². The van der Waals surface area contributed by atoms with E-state index >= 15 is 0 Å². The van der Waals surface area contributed by atoms with Crippen LogP contribution in [0.1, 0.15) is 5.56 Å². The average Bonchev–Trinajstić information content (AvgIpc) is 2.41. The van der Waals surface area contributed by atoms with E-state index < -0.39 is 0 Å². The summed E-state index contributed by atoms with van der Waals surface area (Å²) in [7, 11) is 4.04. The molecule has 0 amide bonds. The van der Waals surface area contributed by atoms with Gasteiger partial charge in [-0.1, -0.05) is 23.7 Å². The highest BCUT2D eigenvalue weighted by atomic mass is 35.5. The Bertz CT molecular complexity index is 545. The number of nitrogens with zero attached hydrogens (tertiary/aromatic N) is 2. The van der Waals surface area contributed by atoms with Crippen LogP contribution >= 0.6 is 11.6 Å². The topological polar surface area (TPSA) is 27.6 Å². The molecular formula is C15H16ClN3. The lowest BCUT2D eigenvalue weighted by Gasteiger charge is -2.11. The Morgan fingerprint density at radius 2 is 1.63 bits per heavy atom. The lowest BCUT2D eigenvalue weighted by Crippen LogP contribution is -2.08. The number of anilines is 2. The van der Waals surface area contributed by atoms with Crippen LogP contribution in [0.2, 0.25) is 5.02 Å². The second kappa shape index (κ2) is 6.25.